The quantitative estimate of drug-likeness (QED) is 0.112. The van der Waals surface area contributed by atoms with E-state index in [2.05, 4.69) is 59.5 Å². The second-order valence-corrected chi connectivity index (χ2v) is 16.3. The van der Waals surface area contributed by atoms with Crippen LogP contribution >= 0.6 is 0 Å². The number of hydrogen-bond acceptors (Lipinski definition) is 6. The summed E-state index contributed by atoms with van der Waals surface area (Å²) in [5.74, 6) is -0.130. The van der Waals surface area contributed by atoms with Gasteiger partial charge in [0.2, 0.25) is 0 Å². The standard InChI is InChI=1S/C35H57N3O6/c1-20(2)21(3)31(5)13-14-33(7)23-9-10-26-32(6)18-42-19-35(26,24(23)11-12-34(33,8)27(31)29(40)41)17-25(44-22(4)39)28(32)43-16-15-38-30(36)37/h11,20-21,23,25-28H,9-10,12-19H2,1-8H3,(H,40,41)(H4,36,37,38)/t21-,23+,25-,26+,27-,28?,31-,32-,33-,34+,35+/m1/s1. The number of nitrogens with zero attached hydrogens (tertiary/aromatic N) is 1. The molecular formula is C35H57N3O6. The van der Waals surface area contributed by atoms with Crippen LogP contribution in [0.15, 0.2) is 16.6 Å². The number of carboxylic acid groups (broad SMARTS) is 1. The fourth-order valence-corrected chi connectivity index (χ4v) is 11.5. The Bertz CT molecular complexity index is 1210. The third kappa shape index (κ3) is 4.73. The minimum absolute atomic E-state index is 0.0230. The van der Waals surface area contributed by atoms with Gasteiger partial charge in [-0.05, 0) is 78.4 Å². The first-order valence-electron chi connectivity index (χ1n) is 16.8. The van der Waals surface area contributed by atoms with Crippen molar-refractivity contribution >= 4 is 17.9 Å². The number of carboxylic acids is 1. The normalized spacial score (nSPS) is 45.2. The minimum atomic E-state index is -0.654. The van der Waals surface area contributed by atoms with Crippen molar-refractivity contribution in [1.82, 2.24) is 0 Å². The summed E-state index contributed by atoms with van der Waals surface area (Å²) in [7, 11) is 0. The van der Waals surface area contributed by atoms with Crippen LogP contribution in [0.1, 0.15) is 93.9 Å². The predicted molar refractivity (Wildman–Crippen MR) is 170 cm³/mol. The van der Waals surface area contributed by atoms with Crippen LogP contribution < -0.4 is 11.5 Å². The highest BCUT2D eigenvalue weighted by molar-refractivity contribution is 5.75. The van der Waals surface area contributed by atoms with Crippen molar-refractivity contribution < 1.29 is 28.9 Å². The molecule has 248 valence electrons. The van der Waals surface area contributed by atoms with Gasteiger partial charge in [0.15, 0.2) is 5.96 Å². The van der Waals surface area contributed by atoms with Crippen LogP contribution in [0.4, 0.5) is 0 Å². The fourth-order valence-electron chi connectivity index (χ4n) is 11.5. The van der Waals surface area contributed by atoms with Crippen LogP contribution in [0, 0.1) is 56.7 Å². The van der Waals surface area contributed by atoms with E-state index in [9.17, 15) is 14.7 Å². The maximum atomic E-state index is 13.3. The highest BCUT2D eigenvalue weighted by Gasteiger charge is 2.72. The molecule has 1 saturated heterocycles. The average Bonchev–Trinajstić information content (AvgIpc) is 2.91. The monoisotopic (exact) mass is 615 g/mol. The molecule has 0 aromatic carbocycles. The van der Waals surface area contributed by atoms with Gasteiger partial charge in [-0.1, -0.05) is 60.1 Å². The lowest BCUT2D eigenvalue weighted by Crippen LogP contribution is -2.70. The molecule has 0 amide bonds. The van der Waals surface area contributed by atoms with Crippen LogP contribution in [-0.2, 0) is 23.8 Å². The topological polar surface area (TPSA) is 146 Å². The summed E-state index contributed by atoms with van der Waals surface area (Å²) < 4.78 is 19.1. The number of ether oxygens (including phenoxy) is 3. The lowest BCUT2D eigenvalue weighted by Gasteiger charge is -2.71. The van der Waals surface area contributed by atoms with Gasteiger partial charge in [0.05, 0.1) is 32.3 Å². The summed E-state index contributed by atoms with van der Waals surface area (Å²) in [5.41, 5.74) is 11.0. The van der Waals surface area contributed by atoms with E-state index in [1.165, 1.54) is 12.5 Å². The van der Waals surface area contributed by atoms with E-state index in [1.54, 1.807) is 0 Å². The van der Waals surface area contributed by atoms with Crippen LogP contribution in [-0.4, -0.2) is 61.6 Å². The number of carbonyl (C=O) groups is 2. The molecule has 0 spiro atoms. The maximum Gasteiger partial charge on any atom is 0.307 e. The Morgan fingerprint density at radius 1 is 1.09 bits per heavy atom. The molecule has 0 radical (unpaired) electrons. The Balaban J connectivity index is 1.56. The van der Waals surface area contributed by atoms with E-state index in [4.69, 9.17) is 25.7 Å². The van der Waals surface area contributed by atoms with Crippen LogP contribution in [0.2, 0.25) is 0 Å². The van der Waals surface area contributed by atoms with Crippen molar-refractivity contribution in [2.45, 2.75) is 106 Å². The van der Waals surface area contributed by atoms with Crippen molar-refractivity contribution in [3.63, 3.8) is 0 Å². The second kappa shape index (κ2) is 11.3. The minimum Gasteiger partial charge on any atom is -0.481 e. The Hall–Kier alpha value is -2.13. The molecule has 2 bridgehead atoms. The number of rotatable bonds is 8. The molecule has 5 rings (SSSR count). The largest absolute Gasteiger partial charge is 0.481 e. The number of esters is 1. The Morgan fingerprint density at radius 2 is 1.80 bits per heavy atom. The fraction of sp³-hybridized carbons (Fsp3) is 0.857. The highest BCUT2D eigenvalue weighted by atomic mass is 16.6. The van der Waals surface area contributed by atoms with Crippen LogP contribution in [0.25, 0.3) is 0 Å². The van der Waals surface area contributed by atoms with Gasteiger partial charge < -0.3 is 30.8 Å². The number of carbonyl (C=O) groups excluding carboxylic acids is 1. The maximum absolute atomic E-state index is 13.3. The third-order valence-electron chi connectivity index (χ3n) is 14.1. The van der Waals surface area contributed by atoms with Crippen LogP contribution in [0.5, 0.6) is 0 Å². The lowest BCUT2D eigenvalue weighted by atomic mass is 9.34. The molecule has 3 saturated carbocycles. The van der Waals surface area contributed by atoms with Gasteiger partial charge in [-0.15, -0.1) is 0 Å². The smallest absolute Gasteiger partial charge is 0.307 e. The van der Waals surface area contributed by atoms with E-state index in [1.807, 2.05) is 0 Å². The number of allylic oxidation sites excluding steroid dienone is 1. The van der Waals surface area contributed by atoms with Crippen molar-refractivity contribution in [3.05, 3.63) is 11.6 Å². The van der Waals surface area contributed by atoms with Gasteiger partial charge in [-0.3, -0.25) is 14.6 Å². The number of guanidine groups is 1. The van der Waals surface area contributed by atoms with Crippen molar-refractivity contribution in [1.29, 1.82) is 0 Å². The van der Waals surface area contributed by atoms with Crippen molar-refractivity contribution in [2.24, 2.45) is 73.1 Å². The van der Waals surface area contributed by atoms with Gasteiger partial charge in [0.1, 0.15) is 12.2 Å². The lowest BCUT2D eigenvalue weighted by molar-refractivity contribution is -0.266. The molecule has 4 fully saturated rings. The van der Waals surface area contributed by atoms with E-state index in [-0.39, 0.29) is 51.0 Å². The molecule has 11 atom stereocenters. The first-order chi connectivity index (χ1) is 20.5. The van der Waals surface area contributed by atoms with E-state index < -0.39 is 18.0 Å². The zero-order valence-corrected chi connectivity index (χ0v) is 28.3. The van der Waals surface area contributed by atoms with Gasteiger partial charge in [-0.2, -0.15) is 0 Å². The molecular weight excluding hydrogens is 558 g/mol. The molecule has 1 unspecified atom stereocenters. The van der Waals surface area contributed by atoms with E-state index in [0.29, 0.717) is 50.5 Å². The summed E-state index contributed by atoms with van der Waals surface area (Å²) >= 11 is 0. The number of hydrogen-bond donors (Lipinski definition) is 3. The highest BCUT2D eigenvalue weighted by Crippen LogP contribution is 2.75. The SMILES string of the molecule is CC(=O)O[C@@H]1C[C@@]23COC[C@@](C)(C1OCCN=C(N)N)[C@@H]2CC[C@H]1C3=CC[C@@]2(C)[C@H](C(=O)O)[C@@](C)([C@H](C)C(C)C)CC[C@]12C. The molecule has 0 aromatic heterocycles. The summed E-state index contributed by atoms with van der Waals surface area (Å²) in [5, 5.41) is 10.9. The molecule has 1 aliphatic heterocycles. The first kappa shape index (κ1) is 33.2. The summed E-state index contributed by atoms with van der Waals surface area (Å²) in [6.45, 7) is 19.1. The van der Waals surface area contributed by atoms with Gasteiger partial charge in [0, 0.05) is 17.8 Å². The molecule has 44 heavy (non-hydrogen) atoms. The zero-order chi connectivity index (χ0) is 32.5. The predicted octanol–water partition coefficient (Wildman–Crippen LogP) is 5.17. The zero-order valence-electron chi connectivity index (χ0n) is 28.3. The molecule has 9 nitrogen and oxygen atoms in total. The molecule has 9 heteroatoms. The molecule has 5 N–H and O–H groups in total. The second-order valence-electron chi connectivity index (χ2n) is 16.3. The Morgan fingerprint density at radius 3 is 2.41 bits per heavy atom. The first-order valence-corrected chi connectivity index (χ1v) is 16.8. The van der Waals surface area contributed by atoms with Gasteiger partial charge in [0.25, 0.3) is 0 Å². The third-order valence-corrected chi connectivity index (χ3v) is 14.1. The van der Waals surface area contributed by atoms with Gasteiger partial charge in [-0.25, -0.2) is 0 Å². The summed E-state index contributed by atoms with van der Waals surface area (Å²) in [6.07, 6.45) is 6.95. The number of aliphatic carboxylic acids is 1. The summed E-state index contributed by atoms with van der Waals surface area (Å²) in [4.78, 5) is 29.8. The van der Waals surface area contributed by atoms with Crippen molar-refractivity contribution in [2.75, 3.05) is 26.4 Å². The summed E-state index contributed by atoms with van der Waals surface area (Å²) in [6, 6.07) is 0. The molecule has 1 heterocycles. The molecule has 4 aliphatic carbocycles. The number of fused-ring (bicyclic) bond motifs is 3. The number of aliphatic imine (C=N–C) groups is 1. The van der Waals surface area contributed by atoms with Gasteiger partial charge >= 0.3 is 11.9 Å². The van der Waals surface area contributed by atoms with Crippen LogP contribution in [0.3, 0.4) is 0 Å². The van der Waals surface area contributed by atoms with E-state index >= 15 is 0 Å². The van der Waals surface area contributed by atoms with Crippen molar-refractivity contribution in [3.8, 4) is 0 Å². The molecule has 0 aromatic rings. The number of nitrogens with two attached hydrogens (primary N) is 2. The Labute approximate surface area is 263 Å². The van der Waals surface area contributed by atoms with E-state index in [0.717, 1.165) is 32.1 Å². The average molecular weight is 616 g/mol. The Kier molecular flexibility index (Phi) is 8.53. The molecule has 5 aliphatic rings.